The first-order valence-electron chi connectivity index (χ1n) is 14.4. The number of carbonyl (C=O) groups is 3. The van der Waals surface area contributed by atoms with Gasteiger partial charge in [-0.1, -0.05) is 54.9 Å². The van der Waals surface area contributed by atoms with Gasteiger partial charge in [-0.25, -0.2) is 0 Å². The number of hydrogen-bond acceptors (Lipinski definition) is 6. The molecule has 1 aliphatic heterocycles. The summed E-state index contributed by atoms with van der Waals surface area (Å²) in [5, 5.41) is 2.85. The molecule has 0 aromatic carbocycles. The highest BCUT2D eigenvalue weighted by atomic mass is 16.5. The number of hydrogen-bond donors (Lipinski definition) is 1. The molecule has 1 N–H and O–H groups in total. The van der Waals surface area contributed by atoms with Gasteiger partial charge in [0.1, 0.15) is 0 Å². The lowest BCUT2D eigenvalue weighted by Crippen LogP contribution is -2.55. The van der Waals surface area contributed by atoms with Gasteiger partial charge >= 0.3 is 0 Å². The number of nitrogens with zero attached hydrogens (tertiary/aromatic N) is 3. The summed E-state index contributed by atoms with van der Waals surface area (Å²) in [6.07, 6.45) is 2.43. The molecule has 9 heteroatoms. The third kappa shape index (κ3) is 8.91. The maximum atomic E-state index is 13.5. The highest BCUT2D eigenvalue weighted by Gasteiger charge is 2.40. The van der Waals surface area contributed by atoms with Gasteiger partial charge in [0.2, 0.25) is 17.7 Å². The second-order valence-corrected chi connectivity index (χ2v) is 11.6. The summed E-state index contributed by atoms with van der Waals surface area (Å²) < 4.78 is 11.6. The molecule has 0 radical (unpaired) electrons. The summed E-state index contributed by atoms with van der Waals surface area (Å²) in [4.78, 5) is 45.3. The molecule has 0 bridgehead atoms. The van der Waals surface area contributed by atoms with Crippen molar-refractivity contribution in [2.24, 2.45) is 17.8 Å². The van der Waals surface area contributed by atoms with Crippen molar-refractivity contribution < 1.29 is 23.9 Å². The second-order valence-electron chi connectivity index (χ2n) is 11.6. The number of likely N-dealkylation sites (tertiary alicyclic amines) is 1. The lowest BCUT2D eigenvalue weighted by atomic mass is 9.90. The number of methoxy groups -OCH3 is 2. The molecule has 0 aromatic rings. The molecule has 222 valence electrons. The Morgan fingerprint density at radius 2 is 1.63 bits per heavy atom. The van der Waals surface area contributed by atoms with E-state index in [0.717, 1.165) is 25.8 Å². The van der Waals surface area contributed by atoms with Crippen molar-refractivity contribution in [2.45, 2.75) is 104 Å². The quantitative estimate of drug-likeness (QED) is 0.324. The fourth-order valence-electron chi connectivity index (χ4n) is 5.96. The Bertz CT molecular complexity index is 746. The van der Waals surface area contributed by atoms with E-state index in [2.05, 4.69) is 33.0 Å². The Labute approximate surface area is 231 Å². The lowest BCUT2D eigenvalue weighted by Gasteiger charge is -2.39. The first-order valence-corrected chi connectivity index (χ1v) is 14.4. The van der Waals surface area contributed by atoms with E-state index in [0.29, 0.717) is 12.5 Å². The molecule has 1 rings (SSSR count). The summed E-state index contributed by atoms with van der Waals surface area (Å²) in [6, 6.07) is -0.554. The second kappa shape index (κ2) is 16.4. The highest BCUT2D eigenvalue weighted by Crippen LogP contribution is 2.28. The Morgan fingerprint density at radius 1 is 1.00 bits per heavy atom. The zero-order valence-electron chi connectivity index (χ0n) is 26.0. The summed E-state index contributed by atoms with van der Waals surface area (Å²) in [5.74, 6) is 0.208. The van der Waals surface area contributed by atoms with Crippen LogP contribution in [0.25, 0.3) is 0 Å². The van der Waals surface area contributed by atoms with E-state index in [-0.39, 0.29) is 66.8 Å². The van der Waals surface area contributed by atoms with Crippen LogP contribution in [0, 0.1) is 17.8 Å². The molecule has 0 saturated carbocycles. The number of amides is 3. The normalized spacial score (nSPS) is 19.9. The lowest BCUT2D eigenvalue weighted by molar-refractivity contribution is -0.144. The van der Waals surface area contributed by atoms with Crippen LogP contribution in [0.1, 0.15) is 74.1 Å². The Morgan fingerprint density at radius 3 is 2.11 bits per heavy atom. The van der Waals surface area contributed by atoms with Gasteiger partial charge in [0.25, 0.3) is 0 Å². The topological polar surface area (TPSA) is 91.4 Å². The van der Waals surface area contributed by atoms with Crippen molar-refractivity contribution in [1.29, 1.82) is 0 Å². The summed E-state index contributed by atoms with van der Waals surface area (Å²) in [5.41, 5.74) is 0. The van der Waals surface area contributed by atoms with Crippen LogP contribution in [0.15, 0.2) is 0 Å². The molecule has 0 spiro atoms. The van der Waals surface area contributed by atoms with E-state index in [1.807, 2.05) is 37.6 Å². The number of carbonyl (C=O) groups excluding carboxylic acids is 3. The largest absolute Gasteiger partial charge is 0.379 e. The van der Waals surface area contributed by atoms with E-state index in [4.69, 9.17) is 9.47 Å². The molecule has 0 aromatic heterocycles. The minimum Gasteiger partial charge on any atom is -0.379 e. The zero-order valence-corrected chi connectivity index (χ0v) is 26.0. The highest BCUT2D eigenvalue weighted by molar-refractivity contribution is 5.87. The van der Waals surface area contributed by atoms with E-state index in [1.54, 1.807) is 26.2 Å². The third-order valence-corrected chi connectivity index (χ3v) is 8.34. The predicted molar refractivity (Wildman–Crippen MR) is 152 cm³/mol. The Hall–Kier alpha value is -1.71. The van der Waals surface area contributed by atoms with Gasteiger partial charge in [-0.15, -0.1) is 0 Å². The van der Waals surface area contributed by atoms with Crippen molar-refractivity contribution in [3.8, 4) is 0 Å². The Kier molecular flexibility index (Phi) is 14.8. The zero-order chi connectivity index (χ0) is 29.2. The Balaban J connectivity index is 3.00. The number of rotatable bonds is 16. The van der Waals surface area contributed by atoms with E-state index < -0.39 is 6.10 Å². The molecular weight excluding hydrogens is 484 g/mol. The van der Waals surface area contributed by atoms with Crippen LogP contribution in [-0.2, 0) is 23.9 Å². The van der Waals surface area contributed by atoms with Crippen LogP contribution in [0.4, 0.5) is 0 Å². The van der Waals surface area contributed by atoms with Crippen LogP contribution in [-0.4, -0.2) is 111 Å². The smallest absolute Gasteiger partial charge is 0.242 e. The third-order valence-electron chi connectivity index (χ3n) is 8.34. The van der Waals surface area contributed by atoms with Crippen LogP contribution < -0.4 is 5.32 Å². The first kappa shape index (κ1) is 34.3. The molecule has 38 heavy (non-hydrogen) atoms. The molecule has 6 unspecified atom stereocenters. The van der Waals surface area contributed by atoms with Crippen molar-refractivity contribution in [2.75, 3.05) is 47.9 Å². The van der Waals surface area contributed by atoms with E-state index in [9.17, 15) is 14.4 Å². The fraction of sp³-hybridized carbons (Fsp3) is 0.897. The van der Waals surface area contributed by atoms with Gasteiger partial charge in [0, 0.05) is 27.8 Å². The summed E-state index contributed by atoms with van der Waals surface area (Å²) in [6.45, 7) is 15.8. The summed E-state index contributed by atoms with van der Waals surface area (Å²) >= 11 is 0. The molecule has 1 fully saturated rings. The van der Waals surface area contributed by atoms with Crippen LogP contribution in [0.2, 0.25) is 0 Å². The molecule has 1 saturated heterocycles. The minimum absolute atomic E-state index is 0.0120. The van der Waals surface area contributed by atoms with Crippen molar-refractivity contribution >= 4 is 17.7 Å². The van der Waals surface area contributed by atoms with Gasteiger partial charge in [-0.2, -0.15) is 0 Å². The standard InChI is InChI=1S/C29H56N4O5/c1-12-21(7)27(32(9)25(35)18-30-29(36)26(19(3)4)31(8)13-2)23(37-10)17-24(34)33-16-14-15-22(33)28(38-11)20(5)6/h19-23,26-28H,12-18H2,1-11H3,(H,30,36). The maximum absolute atomic E-state index is 13.5. The van der Waals surface area contributed by atoms with Crippen molar-refractivity contribution in [3.05, 3.63) is 0 Å². The molecule has 3 amide bonds. The molecule has 1 aliphatic rings. The SMILES string of the molecule is CCC(C)C(C(CC(=O)N1CCCC1C(OC)C(C)C)OC)N(C)C(=O)CNC(=O)C(C(C)C)N(C)CC. The molecular formula is C29H56N4O5. The van der Waals surface area contributed by atoms with Gasteiger partial charge in [0.05, 0.1) is 43.3 Å². The molecule has 9 nitrogen and oxygen atoms in total. The summed E-state index contributed by atoms with van der Waals surface area (Å²) in [7, 11) is 6.98. The maximum Gasteiger partial charge on any atom is 0.242 e. The number of ether oxygens (including phenoxy) is 2. The van der Waals surface area contributed by atoms with Crippen LogP contribution in [0.5, 0.6) is 0 Å². The first-order chi connectivity index (χ1) is 17.9. The van der Waals surface area contributed by atoms with Crippen LogP contribution in [0.3, 0.4) is 0 Å². The van der Waals surface area contributed by atoms with Gasteiger partial charge < -0.3 is 24.6 Å². The molecule has 6 atom stereocenters. The van der Waals surface area contributed by atoms with Gasteiger partial charge in [-0.3, -0.25) is 19.3 Å². The van der Waals surface area contributed by atoms with Gasteiger partial charge in [-0.05, 0) is 44.2 Å². The monoisotopic (exact) mass is 540 g/mol. The number of nitrogens with one attached hydrogen (secondary N) is 1. The fourth-order valence-corrected chi connectivity index (χ4v) is 5.96. The average molecular weight is 541 g/mol. The van der Waals surface area contributed by atoms with Crippen molar-refractivity contribution in [3.63, 3.8) is 0 Å². The molecule has 0 aliphatic carbocycles. The minimum atomic E-state index is -0.460. The molecule has 1 heterocycles. The predicted octanol–water partition coefficient (Wildman–Crippen LogP) is 3.02. The average Bonchev–Trinajstić information content (AvgIpc) is 3.35. The van der Waals surface area contributed by atoms with E-state index in [1.165, 1.54) is 0 Å². The van der Waals surface area contributed by atoms with E-state index >= 15 is 0 Å². The number of likely N-dealkylation sites (N-methyl/N-ethyl adjacent to an activating group) is 2. The van der Waals surface area contributed by atoms with Gasteiger partial charge in [0.15, 0.2) is 0 Å². The van der Waals surface area contributed by atoms with Crippen molar-refractivity contribution in [1.82, 2.24) is 20.0 Å². The van der Waals surface area contributed by atoms with Crippen LogP contribution >= 0.6 is 0 Å².